The summed E-state index contributed by atoms with van der Waals surface area (Å²) < 4.78 is 0. The van der Waals surface area contributed by atoms with Gasteiger partial charge in [-0.3, -0.25) is 9.59 Å². The molecular formula is C24H17Cl2N3O2. The molecule has 0 aromatic heterocycles. The molecule has 0 aliphatic rings. The summed E-state index contributed by atoms with van der Waals surface area (Å²) >= 11 is 11.8. The zero-order valence-corrected chi connectivity index (χ0v) is 17.7. The van der Waals surface area contributed by atoms with Gasteiger partial charge in [-0.1, -0.05) is 71.7 Å². The van der Waals surface area contributed by atoms with E-state index in [0.29, 0.717) is 15.7 Å². The average Bonchev–Trinajstić information content (AvgIpc) is 2.75. The number of carbonyl (C=O) groups excluding carboxylic acids is 2. The number of halogens is 2. The minimum absolute atomic E-state index is 0.316. The van der Waals surface area contributed by atoms with E-state index in [1.54, 1.807) is 18.3 Å². The van der Waals surface area contributed by atoms with Crippen LogP contribution in [0.25, 0.3) is 21.5 Å². The number of hydrogen-bond acceptors (Lipinski definition) is 3. The lowest BCUT2D eigenvalue weighted by atomic mass is 9.97. The Morgan fingerprint density at radius 1 is 0.806 bits per heavy atom. The van der Waals surface area contributed by atoms with Gasteiger partial charge in [0.05, 0.1) is 16.3 Å². The molecule has 4 rings (SSSR count). The number of fused-ring (bicyclic) bond motifs is 2. The zero-order valence-electron chi connectivity index (χ0n) is 16.2. The highest BCUT2D eigenvalue weighted by molar-refractivity contribution is 6.42. The van der Waals surface area contributed by atoms with E-state index in [0.717, 1.165) is 27.1 Å². The number of amides is 2. The minimum atomic E-state index is -0.529. The Morgan fingerprint density at radius 3 is 2.10 bits per heavy atom. The number of carbonyl (C=O) groups is 2. The zero-order chi connectivity index (χ0) is 21.8. The van der Waals surface area contributed by atoms with Crippen LogP contribution in [0.5, 0.6) is 0 Å². The van der Waals surface area contributed by atoms with Crippen LogP contribution in [0.1, 0.15) is 12.0 Å². The third-order valence-corrected chi connectivity index (χ3v) is 5.46. The second kappa shape index (κ2) is 9.16. The van der Waals surface area contributed by atoms with Crippen LogP contribution in [0.2, 0.25) is 10.0 Å². The van der Waals surface area contributed by atoms with Gasteiger partial charge in [-0.25, -0.2) is 5.43 Å². The first-order valence-electron chi connectivity index (χ1n) is 9.48. The van der Waals surface area contributed by atoms with Gasteiger partial charge in [0.1, 0.15) is 6.42 Å². The molecule has 154 valence electrons. The third kappa shape index (κ3) is 4.85. The SMILES string of the molecule is O=C(CC(=O)Nc1ccc(Cl)c(Cl)c1)NN=Cc1c2ccccc2cc2ccccc12. The number of hydrogen-bond donors (Lipinski definition) is 2. The van der Waals surface area contributed by atoms with Crippen LogP contribution in [0.3, 0.4) is 0 Å². The lowest BCUT2D eigenvalue weighted by molar-refractivity contribution is -0.126. The van der Waals surface area contributed by atoms with E-state index in [4.69, 9.17) is 23.2 Å². The summed E-state index contributed by atoms with van der Waals surface area (Å²) in [4.78, 5) is 24.3. The van der Waals surface area contributed by atoms with Crippen LogP contribution in [0.15, 0.2) is 77.9 Å². The van der Waals surface area contributed by atoms with Crippen molar-refractivity contribution in [3.63, 3.8) is 0 Å². The number of benzene rings is 4. The standard InChI is InChI=1S/C24H17Cl2N3O2/c25-21-10-9-17(12-22(21)26)28-23(30)13-24(31)29-27-14-20-18-7-3-1-5-15(18)11-16-6-2-4-8-19(16)20/h1-12,14H,13H2,(H,28,30)(H,29,31). The molecule has 0 bridgehead atoms. The van der Waals surface area contributed by atoms with Gasteiger partial charge in [0.25, 0.3) is 0 Å². The Balaban J connectivity index is 1.46. The monoisotopic (exact) mass is 449 g/mol. The van der Waals surface area contributed by atoms with E-state index in [2.05, 4.69) is 21.9 Å². The minimum Gasteiger partial charge on any atom is -0.326 e. The molecule has 2 N–H and O–H groups in total. The normalized spacial score (nSPS) is 11.2. The van der Waals surface area contributed by atoms with E-state index in [9.17, 15) is 9.59 Å². The molecule has 0 heterocycles. The van der Waals surface area contributed by atoms with Crippen LogP contribution in [0, 0.1) is 0 Å². The summed E-state index contributed by atoms with van der Waals surface area (Å²) in [7, 11) is 0. The van der Waals surface area contributed by atoms with Gasteiger partial charge in [-0.05, 0) is 45.8 Å². The maximum Gasteiger partial charge on any atom is 0.249 e. The summed E-state index contributed by atoms with van der Waals surface area (Å²) in [6, 6.07) is 22.8. The van der Waals surface area contributed by atoms with Crippen molar-refractivity contribution in [2.24, 2.45) is 5.10 Å². The van der Waals surface area contributed by atoms with Crippen LogP contribution in [-0.2, 0) is 9.59 Å². The largest absolute Gasteiger partial charge is 0.326 e. The first kappa shape index (κ1) is 20.8. The molecule has 5 nitrogen and oxygen atoms in total. The Kier molecular flexibility index (Phi) is 6.16. The Labute approximate surface area is 188 Å². The molecule has 0 atom stereocenters. The molecule has 0 spiro atoms. The Hall–Kier alpha value is -3.41. The maximum absolute atomic E-state index is 12.1. The van der Waals surface area contributed by atoms with E-state index >= 15 is 0 Å². The van der Waals surface area contributed by atoms with Crippen molar-refractivity contribution in [2.45, 2.75) is 6.42 Å². The third-order valence-electron chi connectivity index (χ3n) is 4.72. The molecule has 7 heteroatoms. The highest BCUT2D eigenvalue weighted by Gasteiger charge is 2.10. The van der Waals surface area contributed by atoms with Gasteiger partial charge in [0.2, 0.25) is 11.8 Å². The average molecular weight is 450 g/mol. The lowest BCUT2D eigenvalue weighted by Gasteiger charge is -2.08. The number of nitrogens with one attached hydrogen (secondary N) is 2. The smallest absolute Gasteiger partial charge is 0.249 e. The Morgan fingerprint density at radius 2 is 1.45 bits per heavy atom. The van der Waals surface area contributed by atoms with E-state index in [1.165, 1.54) is 6.07 Å². The van der Waals surface area contributed by atoms with Crippen molar-refractivity contribution in [1.29, 1.82) is 0 Å². The van der Waals surface area contributed by atoms with Crippen molar-refractivity contribution in [3.05, 3.63) is 88.4 Å². The van der Waals surface area contributed by atoms with Crippen LogP contribution in [0.4, 0.5) is 5.69 Å². The number of anilines is 1. The van der Waals surface area contributed by atoms with Crippen molar-refractivity contribution in [3.8, 4) is 0 Å². The van der Waals surface area contributed by atoms with E-state index < -0.39 is 11.8 Å². The lowest BCUT2D eigenvalue weighted by Crippen LogP contribution is -2.24. The molecule has 0 saturated carbocycles. The fourth-order valence-corrected chi connectivity index (χ4v) is 3.62. The quantitative estimate of drug-likeness (QED) is 0.175. The second-order valence-corrected chi connectivity index (χ2v) is 7.69. The van der Waals surface area contributed by atoms with Crippen LogP contribution in [-0.4, -0.2) is 18.0 Å². The van der Waals surface area contributed by atoms with Gasteiger partial charge >= 0.3 is 0 Å². The van der Waals surface area contributed by atoms with Gasteiger partial charge in [-0.2, -0.15) is 5.10 Å². The highest BCUT2D eigenvalue weighted by Crippen LogP contribution is 2.27. The second-order valence-electron chi connectivity index (χ2n) is 6.88. The van der Waals surface area contributed by atoms with Gasteiger partial charge in [0.15, 0.2) is 0 Å². The van der Waals surface area contributed by atoms with Crippen LogP contribution < -0.4 is 10.7 Å². The molecule has 0 unspecified atom stereocenters. The molecule has 0 aliphatic carbocycles. The molecule has 4 aromatic rings. The molecular weight excluding hydrogens is 433 g/mol. The van der Waals surface area contributed by atoms with Crippen molar-refractivity contribution < 1.29 is 9.59 Å². The van der Waals surface area contributed by atoms with Crippen molar-refractivity contribution in [2.75, 3.05) is 5.32 Å². The van der Waals surface area contributed by atoms with E-state index in [1.807, 2.05) is 48.5 Å². The van der Waals surface area contributed by atoms with Crippen LogP contribution >= 0.6 is 23.2 Å². The van der Waals surface area contributed by atoms with Crippen molar-refractivity contribution >= 4 is 68.5 Å². The van der Waals surface area contributed by atoms with Gasteiger partial charge in [-0.15, -0.1) is 0 Å². The molecule has 4 aromatic carbocycles. The number of hydrazone groups is 1. The molecule has 2 amide bonds. The number of nitrogens with zero attached hydrogens (tertiary/aromatic N) is 1. The summed E-state index contributed by atoms with van der Waals surface area (Å²) in [5.41, 5.74) is 3.77. The first-order chi connectivity index (χ1) is 15.0. The fourth-order valence-electron chi connectivity index (χ4n) is 3.32. The summed E-state index contributed by atoms with van der Waals surface area (Å²) in [5.74, 6) is -1.01. The van der Waals surface area contributed by atoms with Gasteiger partial charge in [0, 0.05) is 11.3 Å². The fraction of sp³-hybridized carbons (Fsp3) is 0.0417. The maximum atomic E-state index is 12.1. The van der Waals surface area contributed by atoms with Gasteiger partial charge < -0.3 is 5.32 Å². The summed E-state index contributed by atoms with van der Waals surface area (Å²) in [6.45, 7) is 0. The first-order valence-corrected chi connectivity index (χ1v) is 10.2. The van der Waals surface area contributed by atoms with Crippen molar-refractivity contribution in [1.82, 2.24) is 5.43 Å². The Bertz CT molecular complexity index is 1280. The highest BCUT2D eigenvalue weighted by atomic mass is 35.5. The topological polar surface area (TPSA) is 70.6 Å². The van der Waals surface area contributed by atoms with E-state index in [-0.39, 0.29) is 6.42 Å². The predicted molar refractivity (Wildman–Crippen MR) is 127 cm³/mol. The molecule has 0 aliphatic heterocycles. The predicted octanol–water partition coefficient (Wildman–Crippen LogP) is 5.78. The molecule has 0 saturated heterocycles. The summed E-state index contributed by atoms with van der Waals surface area (Å²) in [6.07, 6.45) is 1.23. The molecule has 0 radical (unpaired) electrons. The summed E-state index contributed by atoms with van der Waals surface area (Å²) in [5, 5.41) is 11.6. The molecule has 31 heavy (non-hydrogen) atoms. The molecule has 0 fully saturated rings. The number of rotatable bonds is 5.